The van der Waals surface area contributed by atoms with Crippen LogP contribution in [0.4, 0.5) is 13.2 Å². The molecule has 5 nitrogen and oxygen atoms in total. The molecule has 3 rings (SSSR count). The first-order valence-electron chi connectivity index (χ1n) is 10.5. The SMILES string of the molecule is CN=C(NCCCN1CCCC1)NC1CCN(Cc2ccc(C(F)(F)F)cc2)C1. The third-order valence-corrected chi connectivity index (χ3v) is 5.67. The highest BCUT2D eigenvalue weighted by molar-refractivity contribution is 5.79. The highest BCUT2D eigenvalue weighted by Crippen LogP contribution is 2.29. The molecule has 0 radical (unpaired) electrons. The second kappa shape index (κ2) is 10.3. The van der Waals surface area contributed by atoms with E-state index in [2.05, 4.69) is 25.4 Å². The predicted octanol–water partition coefficient (Wildman–Crippen LogP) is 2.93. The lowest BCUT2D eigenvalue weighted by atomic mass is 10.1. The zero-order valence-electron chi connectivity index (χ0n) is 17.1. The van der Waals surface area contributed by atoms with Crippen LogP contribution in [0.2, 0.25) is 0 Å². The van der Waals surface area contributed by atoms with Crippen molar-refractivity contribution in [3.05, 3.63) is 35.4 Å². The summed E-state index contributed by atoms with van der Waals surface area (Å²) in [5.41, 5.74) is 0.310. The molecule has 2 fully saturated rings. The zero-order chi connectivity index (χ0) is 20.7. The normalized spacial score (nSPS) is 21.7. The summed E-state index contributed by atoms with van der Waals surface area (Å²) in [6, 6.07) is 5.77. The monoisotopic (exact) mass is 411 g/mol. The van der Waals surface area contributed by atoms with Gasteiger partial charge < -0.3 is 15.5 Å². The number of nitrogens with one attached hydrogen (secondary N) is 2. The van der Waals surface area contributed by atoms with Gasteiger partial charge in [0.25, 0.3) is 0 Å². The van der Waals surface area contributed by atoms with Crippen molar-refractivity contribution in [1.82, 2.24) is 20.4 Å². The van der Waals surface area contributed by atoms with Crippen LogP contribution in [-0.4, -0.2) is 68.1 Å². The molecule has 0 saturated carbocycles. The first kappa shape index (κ1) is 21.9. The van der Waals surface area contributed by atoms with Gasteiger partial charge in [0.1, 0.15) is 0 Å². The minimum atomic E-state index is -4.28. The summed E-state index contributed by atoms with van der Waals surface area (Å²) < 4.78 is 38.0. The summed E-state index contributed by atoms with van der Waals surface area (Å²) in [7, 11) is 1.78. The number of benzene rings is 1. The third kappa shape index (κ3) is 6.89. The molecule has 2 aliphatic rings. The zero-order valence-corrected chi connectivity index (χ0v) is 17.1. The molecule has 0 aromatic heterocycles. The van der Waals surface area contributed by atoms with E-state index >= 15 is 0 Å². The lowest BCUT2D eigenvalue weighted by Crippen LogP contribution is -2.45. The smallest absolute Gasteiger partial charge is 0.356 e. The number of rotatable bonds is 7. The van der Waals surface area contributed by atoms with E-state index in [1.807, 2.05) is 0 Å². The molecule has 1 unspecified atom stereocenters. The fourth-order valence-electron chi connectivity index (χ4n) is 4.06. The molecule has 0 spiro atoms. The molecule has 2 heterocycles. The van der Waals surface area contributed by atoms with Gasteiger partial charge in [0.05, 0.1) is 5.56 Å². The van der Waals surface area contributed by atoms with Crippen LogP contribution in [0.1, 0.15) is 36.8 Å². The number of alkyl halides is 3. The van der Waals surface area contributed by atoms with Crippen LogP contribution in [0.3, 0.4) is 0 Å². The number of aliphatic imine (C=N–C) groups is 1. The summed E-state index contributed by atoms with van der Waals surface area (Å²) in [5.74, 6) is 0.827. The highest BCUT2D eigenvalue weighted by Gasteiger charge is 2.30. The lowest BCUT2D eigenvalue weighted by Gasteiger charge is -2.20. The minimum absolute atomic E-state index is 0.300. The van der Waals surface area contributed by atoms with Gasteiger partial charge in [0, 0.05) is 39.3 Å². The summed E-state index contributed by atoms with van der Waals surface area (Å²) in [4.78, 5) is 9.09. The molecule has 2 N–H and O–H groups in total. The second-order valence-corrected chi connectivity index (χ2v) is 7.96. The second-order valence-electron chi connectivity index (χ2n) is 7.96. The molecule has 1 aromatic carbocycles. The number of likely N-dealkylation sites (tertiary alicyclic amines) is 2. The molecular formula is C21H32F3N5. The van der Waals surface area contributed by atoms with Gasteiger partial charge in [-0.05, 0) is 63.0 Å². The first-order chi connectivity index (χ1) is 13.9. The molecule has 2 saturated heterocycles. The molecular weight excluding hydrogens is 379 g/mol. The van der Waals surface area contributed by atoms with Gasteiger partial charge >= 0.3 is 6.18 Å². The molecule has 8 heteroatoms. The fraction of sp³-hybridized carbons (Fsp3) is 0.667. The Labute approximate surface area is 171 Å². The van der Waals surface area contributed by atoms with Crippen molar-refractivity contribution in [1.29, 1.82) is 0 Å². The van der Waals surface area contributed by atoms with Gasteiger partial charge in [-0.15, -0.1) is 0 Å². The molecule has 2 aliphatic heterocycles. The maximum Gasteiger partial charge on any atom is 0.416 e. The van der Waals surface area contributed by atoms with Crippen LogP contribution in [0.15, 0.2) is 29.3 Å². The van der Waals surface area contributed by atoms with Crippen molar-refractivity contribution < 1.29 is 13.2 Å². The molecule has 0 amide bonds. The van der Waals surface area contributed by atoms with Crippen LogP contribution in [0, 0.1) is 0 Å². The van der Waals surface area contributed by atoms with Gasteiger partial charge in [-0.1, -0.05) is 12.1 Å². The fourth-order valence-corrected chi connectivity index (χ4v) is 4.06. The van der Waals surface area contributed by atoms with E-state index in [-0.39, 0.29) is 0 Å². The largest absolute Gasteiger partial charge is 0.416 e. The average molecular weight is 412 g/mol. The Bertz CT molecular complexity index is 653. The number of guanidine groups is 1. The number of hydrogen-bond acceptors (Lipinski definition) is 3. The van der Waals surface area contributed by atoms with E-state index in [1.54, 1.807) is 19.2 Å². The van der Waals surface area contributed by atoms with Crippen LogP contribution in [-0.2, 0) is 12.7 Å². The average Bonchev–Trinajstić information content (AvgIpc) is 3.36. The number of nitrogens with zero attached hydrogens (tertiary/aromatic N) is 3. The van der Waals surface area contributed by atoms with Crippen molar-refractivity contribution in [2.45, 2.75) is 44.4 Å². The Balaban J connectivity index is 1.37. The molecule has 1 aromatic rings. The number of hydrogen-bond donors (Lipinski definition) is 2. The van der Waals surface area contributed by atoms with E-state index in [0.29, 0.717) is 12.6 Å². The van der Waals surface area contributed by atoms with Crippen molar-refractivity contribution in [2.75, 3.05) is 46.3 Å². The predicted molar refractivity (Wildman–Crippen MR) is 110 cm³/mol. The van der Waals surface area contributed by atoms with Gasteiger partial charge in [-0.25, -0.2) is 0 Å². The van der Waals surface area contributed by atoms with Crippen LogP contribution in [0.25, 0.3) is 0 Å². The molecule has 0 bridgehead atoms. The summed E-state index contributed by atoms with van der Waals surface area (Å²) in [5, 5.41) is 6.87. The van der Waals surface area contributed by atoms with Gasteiger partial charge in [-0.3, -0.25) is 9.89 Å². The third-order valence-electron chi connectivity index (χ3n) is 5.67. The summed E-state index contributed by atoms with van der Waals surface area (Å²) >= 11 is 0. The van der Waals surface area contributed by atoms with Gasteiger partial charge in [0.15, 0.2) is 5.96 Å². The maximum atomic E-state index is 12.7. The topological polar surface area (TPSA) is 42.9 Å². The Kier molecular flexibility index (Phi) is 7.77. The minimum Gasteiger partial charge on any atom is -0.356 e. The van der Waals surface area contributed by atoms with Crippen LogP contribution in [0.5, 0.6) is 0 Å². The maximum absolute atomic E-state index is 12.7. The van der Waals surface area contributed by atoms with Crippen molar-refractivity contribution in [3.8, 4) is 0 Å². The van der Waals surface area contributed by atoms with Gasteiger partial charge in [-0.2, -0.15) is 13.2 Å². The van der Waals surface area contributed by atoms with E-state index in [4.69, 9.17) is 0 Å². The van der Waals surface area contributed by atoms with Crippen LogP contribution < -0.4 is 10.6 Å². The van der Waals surface area contributed by atoms with Crippen molar-refractivity contribution in [2.24, 2.45) is 4.99 Å². The van der Waals surface area contributed by atoms with Crippen LogP contribution >= 0.6 is 0 Å². The Morgan fingerprint density at radius 1 is 1.10 bits per heavy atom. The highest BCUT2D eigenvalue weighted by atomic mass is 19.4. The summed E-state index contributed by atoms with van der Waals surface area (Å²) in [6.45, 7) is 6.93. The molecule has 0 aliphatic carbocycles. The standard InChI is InChI=1S/C21H32F3N5/c1-25-20(26-10-4-13-28-11-2-3-12-28)27-19-9-14-29(16-19)15-17-5-7-18(8-6-17)21(22,23)24/h5-8,19H,2-4,9-16H2,1H3,(H2,25,26,27). The molecule has 29 heavy (non-hydrogen) atoms. The van der Waals surface area contributed by atoms with E-state index in [1.165, 1.54) is 25.9 Å². The first-order valence-corrected chi connectivity index (χ1v) is 10.5. The van der Waals surface area contributed by atoms with Crippen molar-refractivity contribution >= 4 is 5.96 Å². The van der Waals surface area contributed by atoms with E-state index in [0.717, 1.165) is 62.7 Å². The molecule has 1 atom stereocenters. The van der Waals surface area contributed by atoms with E-state index < -0.39 is 11.7 Å². The lowest BCUT2D eigenvalue weighted by molar-refractivity contribution is -0.137. The van der Waals surface area contributed by atoms with E-state index in [9.17, 15) is 13.2 Å². The molecule has 162 valence electrons. The summed E-state index contributed by atoms with van der Waals surface area (Å²) in [6.07, 6.45) is 0.460. The Morgan fingerprint density at radius 2 is 1.83 bits per heavy atom. The number of halogens is 3. The Hall–Kier alpha value is -1.80. The van der Waals surface area contributed by atoms with Crippen molar-refractivity contribution in [3.63, 3.8) is 0 Å². The Morgan fingerprint density at radius 3 is 2.48 bits per heavy atom. The van der Waals surface area contributed by atoms with Gasteiger partial charge in [0.2, 0.25) is 0 Å². The quantitative estimate of drug-likeness (QED) is 0.411.